The van der Waals surface area contributed by atoms with Gasteiger partial charge in [0, 0.05) is 18.2 Å². The predicted molar refractivity (Wildman–Crippen MR) is 53.2 cm³/mol. The Hall–Kier alpha value is -1.01. The lowest BCUT2D eigenvalue weighted by atomic mass is 10.1. The van der Waals surface area contributed by atoms with Crippen LogP contribution < -0.4 is 0 Å². The SMILES string of the molecule is CS(=O)(=O)c1cccc2c1C(O)C(F)(F)C2. The van der Waals surface area contributed by atoms with E-state index in [9.17, 15) is 22.3 Å². The highest BCUT2D eigenvalue weighted by Crippen LogP contribution is 2.45. The average Bonchev–Trinajstić information content (AvgIpc) is 2.36. The van der Waals surface area contributed by atoms with Crippen LogP contribution in [0.25, 0.3) is 0 Å². The van der Waals surface area contributed by atoms with Gasteiger partial charge in [-0.3, -0.25) is 0 Å². The summed E-state index contributed by atoms with van der Waals surface area (Å²) in [5.41, 5.74) is 0.0374. The number of benzene rings is 1. The maximum absolute atomic E-state index is 13.3. The van der Waals surface area contributed by atoms with E-state index < -0.39 is 28.3 Å². The van der Waals surface area contributed by atoms with Crippen LogP contribution in [0, 0.1) is 0 Å². The quantitative estimate of drug-likeness (QED) is 0.815. The fraction of sp³-hybridized carbons (Fsp3) is 0.400. The first-order valence-electron chi connectivity index (χ1n) is 4.61. The van der Waals surface area contributed by atoms with Gasteiger partial charge in [0.2, 0.25) is 0 Å². The van der Waals surface area contributed by atoms with Gasteiger partial charge in [0.15, 0.2) is 9.84 Å². The molecule has 0 saturated heterocycles. The lowest BCUT2D eigenvalue weighted by Crippen LogP contribution is -2.22. The first-order chi connectivity index (χ1) is 7.23. The number of rotatable bonds is 1. The van der Waals surface area contributed by atoms with Crippen LogP contribution in [0.4, 0.5) is 8.78 Å². The summed E-state index contributed by atoms with van der Waals surface area (Å²) in [5, 5.41) is 9.44. The Kier molecular flexibility index (Phi) is 2.32. The molecule has 0 bridgehead atoms. The summed E-state index contributed by atoms with van der Waals surface area (Å²) < 4.78 is 49.3. The van der Waals surface area contributed by atoms with Crippen LogP contribution in [0.15, 0.2) is 23.1 Å². The molecule has 0 radical (unpaired) electrons. The second-order valence-corrected chi connectivity index (χ2v) is 5.93. The molecule has 0 heterocycles. The van der Waals surface area contributed by atoms with Gasteiger partial charge >= 0.3 is 0 Å². The summed E-state index contributed by atoms with van der Waals surface area (Å²) in [4.78, 5) is -0.213. The lowest BCUT2D eigenvalue weighted by molar-refractivity contribution is -0.0975. The molecule has 0 amide bonds. The zero-order valence-electron chi connectivity index (χ0n) is 8.44. The molecule has 0 aromatic heterocycles. The molecule has 88 valence electrons. The third-order valence-electron chi connectivity index (χ3n) is 2.66. The van der Waals surface area contributed by atoms with Crippen LogP contribution in [0.2, 0.25) is 0 Å². The van der Waals surface area contributed by atoms with Crippen molar-refractivity contribution in [1.29, 1.82) is 0 Å². The molecule has 1 unspecified atom stereocenters. The van der Waals surface area contributed by atoms with Gasteiger partial charge < -0.3 is 5.11 Å². The first-order valence-corrected chi connectivity index (χ1v) is 6.50. The third-order valence-corrected chi connectivity index (χ3v) is 3.81. The number of sulfone groups is 1. The fourth-order valence-corrected chi connectivity index (χ4v) is 2.91. The number of alkyl halides is 2. The number of hydrogen-bond acceptors (Lipinski definition) is 3. The molecule has 0 fully saturated rings. The van der Waals surface area contributed by atoms with Gasteiger partial charge in [0.05, 0.1) is 4.90 Å². The second-order valence-electron chi connectivity index (χ2n) is 3.94. The fourth-order valence-electron chi connectivity index (χ4n) is 1.94. The minimum atomic E-state index is -3.60. The maximum Gasteiger partial charge on any atom is 0.281 e. The van der Waals surface area contributed by atoms with Gasteiger partial charge in [-0.15, -0.1) is 0 Å². The van der Waals surface area contributed by atoms with Crippen LogP contribution >= 0.6 is 0 Å². The molecule has 16 heavy (non-hydrogen) atoms. The standard InChI is InChI=1S/C10H10F2O3S/c1-16(14,15)7-4-2-3-6-5-10(11,12)9(13)8(6)7/h2-4,9,13H,5H2,1H3. The van der Waals surface area contributed by atoms with Crippen LogP contribution in [0.1, 0.15) is 17.2 Å². The molecular weight excluding hydrogens is 238 g/mol. The number of halogens is 2. The summed E-state index contributed by atoms with van der Waals surface area (Å²) >= 11 is 0. The average molecular weight is 248 g/mol. The summed E-state index contributed by atoms with van der Waals surface area (Å²) in [6.07, 6.45) is -1.72. The molecule has 3 nitrogen and oxygen atoms in total. The molecule has 0 saturated carbocycles. The largest absolute Gasteiger partial charge is 0.382 e. The summed E-state index contributed by atoms with van der Waals surface area (Å²) in [5.74, 6) is -3.29. The molecule has 1 N–H and O–H groups in total. The van der Waals surface area contributed by atoms with Crippen molar-refractivity contribution in [3.63, 3.8) is 0 Å². The molecule has 1 aromatic carbocycles. The summed E-state index contributed by atoms with van der Waals surface area (Å²) in [6.45, 7) is 0. The Morgan fingerprint density at radius 1 is 1.44 bits per heavy atom. The van der Waals surface area contributed by atoms with E-state index in [1.807, 2.05) is 0 Å². The van der Waals surface area contributed by atoms with Crippen molar-refractivity contribution in [1.82, 2.24) is 0 Å². The van der Waals surface area contributed by atoms with Gasteiger partial charge in [0.25, 0.3) is 5.92 Å². The highest BCUT2D eigenvalue weighted by Gasteiger charge is 2.48. The van der Waals surface area contributed by atoms with E-state index >= 15 is 0 Å². The van der Waals surface area contributed by atoms with Gasteiger partial charge in [-0.25, -0.2) is 17.2 Å². The molecule has 1 aliphatic rings. The Morgan fingerprint density at radius 2 is 2.06 bits per heavy atom. The van der Waals surface area contributed by atoms with E-state index in [2.05, 4.69) is 0 Å². The minimum Gasteiger partial charge on any atom is -0.382 e. The number of aliphatic hydroxyl groups is 1. The zero-order chi connectivity index (χ0) is 12.1. The maximum atomic E-state index is 13.3. The van der Waals surface area contributed by atoms with Crippen molar-refractivity contribution >= 4 is 9.84 Å². The van der Waals surface area contributed by atoms with E-state index in [0.717, 1.165) is 6.26 Å². The van der Waals surface area contributed by atoms with Crippen LogP contribution in [-0.2, 0) is 16.3 Å². The van der Waals surface area contributed by atoms with Gasteiger partial charge in [-0.05, 0) is 11.6 Å². The predicted octanol–water partition coefficient (Wildman–Crippen LogP) is 1.31. The van der Waals surface area contributed by atoms with Crippen LogP contribution in [0.3, 0.4) is 0 Å². The Morgan fingerprint density at radius 3 is 2.62 bits per heavy atom. The highest BCUT2D eigenvalue weighted by atomic mass is 32.2. The number of hydrogen-bond donors (Lipinski definition) is 1. The second kappa shape index (κ2) is 3.24. The van der Waals surface area contributed by atoms with Crippen LogP contribution in [-0.4, -0.2) is 25.7 Å². The number of aliphatic hydroxyl groups excluding tert-OH is 1. The van der Waals surface area contributed by atoms with Crippen molar-refractivity contribution in [2.24, 2.45) is 0 Å². The molecular formula is C10H10F2O3S. The van der Waals surface area contributed by atoms with Crippen LogP contribution in [0.5, 0.6) is 0 Å². The lowest BCUT2D eigenvalue weighted by Gasteiger charge is -2.14. The van der Waals surface area contributed by atoms with Crippen molar-refractivity contribution in [3.05, 3.63) is 29.3 Å². The minimum absolute atomic E-state index is 0.157. The van der Waals surface area contributed by atoms with E-state index in [0.29, 0.717) is 0 Å². The topological polar surface area (TPSA) is 54.4 Å². The zero-order valence-corrected chi connectivity index (χ0v) is 9.26. The van der Waals surface area contributed by atoms with E-state index in [4.69, 9.17) is 0 Å². The summed E-state index contributed by atoms with van der Waals surface area (Å²) in [7, 11) is -3.60. The highest BCUT2D eigenvalue weighted by molar-refractivity contribution is 7.90. The smallest absolute Gasteiger partial charge is 0.281 e. The third kappa shape index (κ3) is 1.62. The summed E-state index contributed by atoms with van der Waals surface area (Å²) in [6, 6.07) is 4.05. The Balaban J connectivity index is 2.70. The molecule has 1 aliphatic carbocycles. The van der Waals surface area contributed by atoms with Crippen molar-refractivity contribution in [2.75, 3.05) is 6.26 Å². The molecule has 0 aliphatic heterocycles. The Bertz CT molecular complexity index is 537. The monoisotopic (exact) mass is 248 g/mol. The van der Waals surface area contributed by atoms with Crippen molar-refractivity contribution in [3.8, 4) is 0 Å². The van der Waals surface area contributed by atoms with Crippen molar-refractivity contribution < 1.29 is 22.3 Å². The van der Waals surface area contributed by atoms with Gasteiger partial charge in [-0.1, -0.05) is 12.1 Å². The van der Waals surface area contributed by atoms with Crippen molar-refractivity contribution in [2.45, 2.75) is 23.3 Å². The van der Waals surface area contributed by atoms with E-state index in [1.54, 1.807) is 0 Å². The Labute approximate surface area is 91.6 Å². The first kappa shape index (κ1) is 11.5. The molecule has 0 spiro atoms. The molecule has 1 aromatic rings. The van der Waals surface area contributed by atoms with E-state index in [-0.39, 0.29) is 16.0 Å². The van der Waals surface area contributed by atoms with Gasteiger partial charge in [-0.2, -0.15) is 0 Å². The molecule has 1 atom stereocenters. The van der Waals surface area contributed by atoms with E-state index in [1.165, 1.54) is 18.2 Å². The van der Waals surface area contributed by atoms with Gasteiger partial charge in [0.1, 0.15) is 6.10 Å². The normalized spacial score (nSPS) is 23.1. The molecule has 2 rings (SSSR count). The number of fused-ring (bicyclic) bond motifs is 1. The molecule has 6 heteroatoms.